The zero-order valence-electron chi connectivity index (χ0n) is 11.6. The summed E-state index contributed by atoms with van der Waals surface area (Å²) in [5, 5.41) is 0. The number of hydrogen-bond acceptors (Lipinski definition) is 2. The second kappa shape index (κ2) is 12.0. The van der Waals surface area contributed by atoms with E-state index in [1.807, 2.05) is 0 Å². The molecule has 0 fully saturated rings. The van der Waals surface area contributed by atoms with Gasteiger partial charge in [-0.15, -0.1) is 0 Å². The fourth-order valence-electron chi connectivity index (χ4n) is 2.14. The number of unbranched alkanes of at least 4 members (excludes halogenated alkanes) is 3. The molecule has 0 radical (unpaired) electrons. The molecule has 0 aliphatic heterocycles. The molecule has 0 aliphatic rings. The van der Waals surface area contributed by atoms with Crippen LogP contribution in [-0.2, 0) is 0 Å². The first-order valence-electron chi connectivity index (χ1n) is 6.96. The molecule has 1 N–H and O–H groups in total. The number of halogens is 1. The summed E-state index contributed by atoms with van der Waals surface area (Å²) >= 11 is -3.07. The van der Waals surface area contributed by atoms with Crippen LogP contribution in [-0.4, -0.2) is 18.7 Å². The Morgan fingerprint density at radius 3 is 1.59 bits per heavy atom. The van der Waals surface area contributed by atoms with Crippen molar-refractivity contribution in [3.8, 4) is 0 Å². The summed E-state index contributed by atoms with van der Waals surface area (Å²) in [7, 11) is 0. The standard InChI is InChI=1S/3C4H9.HIN3.Sn/c3*1-3-4-2;2-1-4-3;/h3*1,3-4H2,2H3;2H;/q;;;-1;+1. The van der Waals surface area contributed by atoms with Gasteiger partial charge in [0.05, 0.1) is 0 Å². The fourth-order valence-corrected chi connectivity index (χ4v) is 18.2. The molecule has 0 heterocycles. The molecule has 0 atom stereocenters. The topological polar surface area (TPSA) is 48.6 Å². The van der Waals surface area contributed by atoms with Gasteiger partial charge in [-0.25, -0.2) is 0 Å². The third-order valence-electron chi connectivity index (χ3n) is 3.27. The third-order valence-corrected chi connectivity index (χ3v) is 17.4. The van der Waals surface area contributed by atoms with Crippen molar-refractivity contribution in [1.29, 1.82) is 3.56 Å². The maximum absolute atomic E-state index is 7.30. The predicted octanol–water partition coefficient (Wildman–Crippen LogP) is 6.43. The second-order valence-corrected chi connectivity index (χ2v) is 17.5. The summed E-state index contributed by atoms with van der Waals surface area (Å²) in [6.07, 6.45) is 7.84. The quantitative estimate of drug-likeness (QED) is 0.210. The van der Waals surface area contributed by atoms with Crippen LogP contribution >= 0.6 is 21.3 Å². The molecule has 0 spiro atoms. The Labute approximate surface area is 122 Å². The van der Waals surface area contributed by atoms with Crippen molar-refractivity contribution < 1.29 is 0 Å². The summed E-state index contributed by atoms with van der Waals surface area (Å²) in [5.41, 5.74) is 0. The molecule has 0 aromatic heterocycles. The van der Waals surface area contributed by atoms with Gasteiger partial charge in [-0.05, 0) is 0 Å². The normalized spacial score (nSPS) is 12.4. The van der Waals surface area contributed by atoms with E-state index in [0.717, 1.165) is 0 Å². The maximum atomic E-state index is 7.30. The Morgan fingerprint density at radius 2 is 1.29 bits per heavy atom. The van der Waals surface area contributed by atoms with Crippen molar-refractivity contribution in [3.05, 3.63) is 0 Å². The molecule has 0 rings (SSSR count). The van der Waals surface area contributed by atoms with Crippen LogP contribution in [0.3, 0.4) is 0 Å². The van der Waals surface area contributed by atoms with Gasteiger partial charge < -0.3 is 0 Å². The van der Waals surface area contributed by atoms with Gasteiger partial charge in [0.25, 0.3) is 0 Å². The molecule has 5 heteroatoms. The Hall–Kier alpha value is 0.929. The Bertz CT molecular complexity index is 200. The van der Waals surface area contributed by atoms with Crippen molar-refractivity contribution in [3.63, 3.8) is 0 Å². The van der Waals surface area contributed by atoms with Crippen LogP contribution < -0.4 is 0 Å². The molecule has 17 heavy (non-hydrogen) atoms. The second-order valence-electron chi connectivity index (χ2n) is 4.80. The van der Waals surface area contributed by atoms with Crippen molar-refractivity contribution in [2.75, 3.05) is 0 Å². The van der Waals surface area contributed by atoms with Crippen molar-refractivity contribution in [2.45, 2.75) is 72.6 Å². The van der Waals surface area contributed by atoms with Gasteiger partial charge in [0, 0.05) is 0 Å². The van der Waals surface area contributed by atoms with Crippen LogP contribution in [0.1, 0.15) is 59.3 Å². The van der Waals surface area contributed by atoms with E-state index in [0.29, 0.717) is 0 Å². The van der Waals surface area contributed by atoms with E-state index < -0.39 is 40.0 Å². The molecule has 0 aliphatic carbocycles. The van der Waals surface area contributed by atoms with Crippen LogP contribution in [0, 0.1) is 3.56 Å². The summed E-state index contributed by atoms with van der Waals surface area (Å²) in [6.45, 7) is 6.81. The number of rotatable bonds is 11. The zero-order valence-corrected chi connectivity index (χ0v) is 16.6. The zero-order chi connectivity index (χ0) is 13.0. The van der Waals surface area contributed by atoms with Crippen LogP contribution in [0.25, 0.3) is 0 Å². The molecule has 0 amide bonds. The fraction of sp³-hybridized carbons (Fsp3) is 1.00. The molecule has 0 bridgehead atoms. The first-order valence-corrected chi connectivity index (χ1v) is 16.3. The van der Waals surface area contributed by atoms with Crippen LogP contribution in [0.4, 0.5) is 0 Å². The third kappa shape index (κ3) is 8.61. The molecular weight excluding hydrogens is 432 g/mol. The molecule has 102 valence electrons. The van der Waals surface area contributed by atoms with E-state index in [1.165, 1.54) is 51.8 Å². The van der Waals surface area contributed by atoms with E-state index in [9.17, 15) is 0 Å². The Kier molecular flexibility index (Phi) is 12.6. The van der Waals surface area contributed by atoms with Gasteiger partial charge in [-0.2, -0.15) is 0 Å². The van der Waals surface area contributed by atoms with E-state index >= 15 is 0 Å². The summed E-state index contributed by atoms with van der Waals surface area (Å²) in [6, 6.07) is 0. The van der Waals surface area contributed by atoms with Gasteiger partial charge in [0.1, 0.15) is 0 Å². The van der Waals surface area contributed by atoms with Gasteiger partial charge in [0.15, 0.2) is 0 Å². The van der Waals surface area contributed by atoms with Crippen molar-refractivity contribution in [2.24, 2.45) is 6.66 Å². The monoisotopic (exact) mass is 461 g/mol. The first kappa shape index (κ1) is 17.9. The van der Waals surface area contributed by atoms with E-state index in [1.54, 1.807) is 0 Å². The summed E-state index contributed by atoms with van der Waals surface area (Å²) < 4.78 is 20.4. The van der Waals surface area contributed by atoms with Crippen LogP contribution in [0.15, 0.2) is 6.66 Å². The average Bonchev–Trinajstić information content (AvgIpc) is 2.37. The molecular formula is C12H28IN3Sn. The Balaban J connectivity index is 4.62. The minimum absolute atomic E-state index is 0.745. The van der Waals surface area contributed by atoms with Crippen molar-refractivity contribution >= 4 is 40.0 Å². The molecule has 0 saturated carbocycles. The van der Waals surface area contributed by atoms with Crippen LogP contribution in [0.5, 0.6) is 0 Å². The van der Waals surface area contributed by atoms with Gasteiger partial charge in [-0.1, -0.05) is 0 Å². The predicted molar refractivity (Wildman–Crippen MR) is 86.5 cm³/mol. The van der Waals surface area contributed by atoms with Crippen LogP contribution in [0.2, 0.25) is 13.3 Å². The number of hydrogen-bond donors (Lipinski definition) is 1. The van der Waals surface area contributed by atoms with Gasteiger partial charge >= 0.3 is 123 Å². The summed E-state index contributed by atoms with van der Waals surface area (Å²) in [5.74, 6) is 0. The molecule has 0 saturated heterocycles. The molecule has 0 unspecified atom stereocenters. The SMILES string of the molecule is CCC[CH2][Sn]([CH2]CCC)([CH2]CCC)/[N]=N/I=N. The molecule has 0 aromatic carbocycles. The number of nitrogens with one attached hydrogen (secondary N) is 1. The van der Waals surface area contributed by atoms with E-state index in [-0.39, 0.29) is 0 Å². The van der Waals surface area contributed by atoms with Gasteiger partial charge in [-0.3, -0.25) is 0 Å². The van der Waals surface area contributed by atoms with Gasteiger partial charge in [0.2, 0.25) is 0 Å². The van der Waals surface area contributed by atoms with Crippen molar-refractivity contribution in [1.82, 2.24) is 0 Å². The first-order chi connectivity index (χ1) is 8.24. The minimum atomic E-state index is -2.33. The number of nitrogens with zero attached hydrogens (tertiary/aromatic N) is 2. The summed E-state index contributed by atoms with van der Waals surface area (Å²) in [4.78, 5) is 0. The average molecular weight is 460 g/mol. The Morgan fingerprint density at radius 1 is 0.882 bits per heavy atom. The molecule has 0 aromatic rings. The molecule has 3 nitrogen and oxygen atoms in total. The van der Waals surface area contributed by atoms with E-state index in [4.69, 9.17) is 6.90 Å². The van der Waals surface area contributed by atoms with E-state index in [2.05, 4.69) is 24.1 Å².